The highest BCUT2D eigenvalue weighted by Crippen LogP contribution is 2.76. The molecule has 1 unspecified atom stereocenters. The van der Waals surface area contributed by atoms with Crippen LogP contribution in [0.4, 0.5) is 0 Å². The Morgan fingerprint density at radius 3 is 2.27 bits per heavy atom. The summed E-state index contributed by atoms with van der Waals surface area (Å²) < 4.78 is 0. The van der Waals surface area contributed by atoms with Crippen molar-refractivity contribution in [2.45, 2.75) is 112 Å². The number of ketones is 1. The molecule has 5 heteroatoms. The van der Waals surface area contributed by atoms with Crippen LogP contribution >= 0.6 is 0 Å². The lowest BCUT2D eigenvalue weighted by Crippen LogP contribution is -2.67. The molecule has 3 saturated carbocycles. The smallest absolute Gasteiger partial charge is 0.324 e. The number of aliphatic hydroxyl groups excluding tert-OH is 1. The molecular weight excluding hydrogens is 498 g/mol. The van der Waals surface area contributed by atoms with Gasteiger partial charge < -0.3 is 10.2 Å². The van der Waals surface area contributed by atoms with Gasteiger partial charge in [-0.3, -0.25) is 14.5 Å². The highest BCUT2D eigenvalue weighted by Gasteiger charge is 2.69. The molecule has 218 valence electrons. The van der Waals surface area contributed by atoms with E-state index in [9.17, 15) is 19.8 Å². The van der Waals surface area contributed by atoms with E-state index in [1.54, 1.807) is 6.08 Å². The Balaban J connectivity index is 1.44. The summed E-state index contributed by atoms with van der Waals surface area (Å²) in [6, 6.07) is 0. The molecule has 7 atom stereocenters. The van der Waals surface area contributed by atoms with Crippen molar-refractivity contribution in [3.05, 3.63) is 46.3 Å². The largest absolute Gasteiger partial charge is 0.504 e. The van der Waals surface area contributed by atoms with Gasteiger partial charge in [0.1, 0.15) is 5.54 Å². The summed E-state index contributed by atoms with van der Waals surface area (Å²) in [5.74, 6) is -0.646. The minimum absolute atomic E-state index is 0.0229. The normalized spacial score (nSPS) is 44.8. The van der Waals surface area contributed by atoms with E-state index in [2.05, 4.69) is 51.7 Å². The van der Waals surface area contributed by atoms with Gasteiger partial charge in [0.15, 0.2) is 5.76 Å². The average molecular weight is 548 g/mol. The zero-order valence-corrected chi connectivity index (χ0v) is 25.7. The topological polar surface area (TPSA) is 77.8 Å². The number of carboxylic acids is 1. The maximum atomic E-state index is 13.1. The molecule has 6 rings (SSSR count). The van der Waals surface area contributed by atoms with Crippen LogP contribution in [0.1, 0.15) is 106 Å². The first-order chi connectivity index (χ1) is 18.6. The number of allylic oxidation sites excluding steroid dienone is 7. The van der Waals surface area contributed by atoms with Crippen molar-refractivity contribution in [3.63, 3.8) is 0 Å². The molecule has 1 saturated heterocycles. The van der Waals surface area contributed by atoms with Crippen LogP contribution < -0.4 is 0 Å². The van der Waals surface area contributed by atoms with Crippen LogP contribution in [-0.2, 0) is 9.59 Å². The van der Waals surface area contributed by atoms with Gasteiger partial charge in [-0.25, -0.2) is 0 Å². The Bertz CT molecular complexity index is 1310. The van der Waals surface area contributed by atoms with E-state index < -0.39 is 11.5 Å². The van der Waals surface area contributed by atoms with Crippen molar-refractivity contribution >= 4 is 11.8 Å². The lowest BCUT2D eigenvalue weighted by molar-refractivity contribution is -0.192. The third-order valence-electron chi connectivity index (χ3n) is 14.2. The van der Waals surface area contributed by atoms with Crippen LogP contribution in [0.2, 0.25) is 0 Å². The van der Waals surface area contributed by atoms with E-state index in [0.29, 0.717) is 11.5 Å². The third-order valence-corrected chi connectivity index (χ3v) is 14.2. The molecule has 0 radical (unpaired) electrons. The Hall–Kier alpha value is -2.14. The second kappa shape index (κ2) is 8.46. The summed E-state index contributed by atoms with van der Waals surface area (Å²) in [6.45, 7) is 17.7. The van der Waals surface area contributed by atoms with Crippen molar-refractivity contribution in [3.8, 4) is 0 Å². The fourth-order valence-corrected chi connectivity index (χ4v) is 10.8. The van der Waals surface area contributed by atoms with Gasteiger partial charge in [-0.15, -0.1) is 0 Å². The number of hydrogen-bond donors (Lipinski definition) is 2. The highest BCUT2D eigenvalue weighted by atomic mass is 16.4. The van der Waals surface area contributed by atoms with E-state index in [-0.39, 0.29) is 38.6 Å². The summed E-state index contributed by atoms with van der Waals surface area (Å²) >= 11 is 0. The van der Waals surface area contributed by atoms with E-state index in [0.717, 1.165) is 82.0 Å². The van der Waals surface area contributed by atoms with Crippen LogP contribution in [0.15, 0.2) is 46.3 Å². The molecule has 5 aliphatic carbocycles. The van der Waals surface area contributed by atoms with Crippen LogP contribution in [-0.4, -0.2) is 45.5 Å². The lowest BCUT2D eigenvalue weighted by atomic mass is 9.34. The molecule has 40 heavy (non-hydrogen) atoms. The molecule has 5 nitrogen and oxygen atoms in total. The molecule has 0 aromatic carbocycles. The molecule has 0 amide bonds. The fourth-order valence-electron chi connectivity index (χ4n) is 10.8. The first-order valence-electron chi connectivity index (χ1n) is 15.7. The van der Waals surface area contributed by atoms with E-state index in [1.807, 2.05) is 13.8 Å². The van der Waals surface area contributed by atoms with Crippen molar-refractivity contribution in [1.82, 2.24) is 4.90 Å². The standard InChI is InChI=1S/C35H49NO4/c1-22-23-10-11-26-32(4,24(23)20-25(37)28(22)38)15-17-34(6)27-21-31(3,14-12-30(27,2)13-16-33(26,34)5)35(7,29(39)40)36-18-8-9-19-36/h10-11,20,27,38H,8-9,12-19,21H2,1-7H3,(H,39,40)/t27-,30-,31-,32+,33-,34+,35?/m1/s1. The van der Waals surface area contributed by atoms with Crippen molar-refractivity contribution in [1.29, 1.82) is 0 Å². The van der Waals surface area contributed by atoms with E-state index >= 15 is 0 Å². The third kappa shape index (κ3) is 3.25. The van der Waals surface area contributed by atoms with Gasteiger partial charge in [-0.1, -0.05) is 52.3 Å². The molecule has 0 aromatic rings. The highest BCUT2D eigenvalue weighted by molar-refractivity contribution is 6.06. The Morgan fingerprint density at radius 1 is 0.975 bits per heavy atom. The number of aliphatic carboxylic acids is 1. The van der Waals surface area contributed by atoms with Crippen LogP contribution in [0.25, 0.3) is 0 Å². The Morgan fingerprint density at radius 2 is 1.62 bits per heavy atom. The predicted molar refractivity (Wildman–Crippen MR) is 158 cm³/mol. The minimum atomic E-state index is -0.862. The monoisotopic (exact) mass is 547 g/mol. The first kappa shape index (κ1) is 28.0. The van der Waals surface area contributed by atoms with Crippen LogP contribution in [0.5, 0.6) is 0 Å². The minimum Gasteiger partial charge on any atom is -0.504 e. The number of rotatable bonds is 3. The summed E-state index contributed by atoms with van der Waals surface area (Å²) in [5.41, 5.74) is 2.95. The van der Waals surface area contributed by atoms with Crippen molar-refractivity contribution < 1.29 is 19.8 Å². The number of nitrogens with zero attached hydrogens (tertiary/aromatic N) is 1. The molecule has 1 aliphatic heterocycles. The molecule has 6 aliphatic rings. The summed E-state index contributed by atoms with van der Waals surface area (Å²) in [5, 5.41) is 21.2. The zero-order valence-electron chi connectivity index (χ0n) is 25.7. The van der Waals surface area contributed by atoms with Gasteiger partial charge in [0.25, 0.3) is 0 Å². The van der Waals surface area contributed by atoms with Gasteiger partial charge in [-0.05, 0) is 130 Å². The number of carbonyl (C=O) groups excluding carboxylic acids is 1. The molecule has 4 fully saturated rings. The van der Waals surface area contributed by atoms with E-state index in [4.69, 9.17) is 0 Å². The number of carboxylic acid groups (broad SMARTS) is 1. The maximum Gasteiger partial charge on any atom is 0.324 e. The lowest BCUT2D eigenvalue weighted by Gasteiger charge is -2.71. The maximum absolute atomic E-state index is 13.1. The first-order valence-corrected chi connectivity index (χ1v) is 15.7. The predicted octanol–water partition coefficient (Wildman–Crippen LogP) is 7.55. The van der Waals surface area contributed by atoms with Gasteiger partial charge in [0.05, 0.1) is 0 Å². The molecule has 0 aromatic heterocycles. The number of aliphatic hydroxyl groups is 1. The quantitative estimate of drug-likeness (QED) is 0.381. The van der Waals surface area contributed by atoms with Gasteiger partial charge >= 0.3 is 5.97 Å². The molecular formula is C35H49NO4. The average Bonchev–Trinajstić information content (AvgIpc) is 3.45. The van der Waals surface area contributed by atoms with E-state index in [1.165, 1.54) is 5.57 Å². The zero-order chi connectivity index (χ0) is 29.1. The SMILES string of the molecule is CC1=C(O)C(=O)C=C2C1=CC=C1[C@@]2(C)CC[C@@]2(C)[C@@H]3C[C@](C)(C(C)(C(=O)O)N4CCCC4)CC[C@]3(C)CC[C@]12C. The van der Waals surface area contributed by atoms with Crippen molar-refractivity contribution in [2.24, 2.45) is 33.0 Å². The number of fused-ring (bicyclic) bond motifs is 7. The summed E-state index contributed by atoms with van der Waals surface area (Å²) in [6.07, 6.45) is 15.6. The molecule has 0 bridgehead atoms. The van der Waals surface area contributed by atoms with Crippen LogP contribution in [0.3, 0.4) is 0 Å². The number of carbonyl (C=O) groups is 2. The summed E-state index contributed by atoms with van der Waals surface area (Å²) in [7, 11) is 0. The van der Waals surface area contributed by atoms with Gasteiger partial charge in [-0.2, -0.15) is 0 Å². The van der Waals surface area contributed by atoms with Gasteiger partial charge in [0.2, 0.25) is 5.78 Å². The molecule has 0 spiro atoms. The van der Waals surface area contributed by atoms with Crippen LogP contribution in [0, 0.1) is 33.0 Å². The summed E-state index contributed by atoms with van der Waals surface area (Å²) in [4.78, 5) is 28.2. The number of likely N-dealkylation sites (tertiary alicyclic amines) is 1. The second-order valence-corrected chi connectivity index (χ2v) is 15.7. The molecule has 2 N–H and O–H groups in total. The second-order valence-electron chi connectivity index (χ2n) is 15.7. The Labute approximate surface area is 240 Å². The fraction of sp³-hybridized carbons (Fsp3) is 0.714. The molecule has 1 heterocycles. The number of hydrogen-bond acceptors (Lipinski definition) is 4. The van der Waals surface area contributed by atoms with Crippen molar-refractivity contribution in [2.75, 3.05) is 13.1 Å². The van der Waals surface area contributed by atoms with Gasteiger partial charge in [0, 0.05) is 11.0 Å². The Kier molecular flexibility index (Phi) is 5.92.